The molecule has 0 N–H and O–H groups in total. The number of ether oxygens (including phenoxy) is 1. The lowest BCUT2D eigenvalue weighted by Gasteiger charge is -2.24. The Hall–Kier alpha value is -2.85. The summed E-state index contributed by atoms with van der Waals surface area (Å²) in [5, 5.41) is 0. The summed E-state index contributed by atoms with van der Waals surface area (Å²) in [4.78, 5) is 14.6. The van der Waals surface area contributed by atoms with Crippen LogP contribution in [0.15, 0.2) is 66.9 Å². The molecule has 0 bridgehead atoms. The number of carbonyl (C=O) groups is 1. The van der Waals surface area contributed by atoms with Crippen molar-refractivity contribution in [1.82, 2.24) is 9.47 Å². The Morgan fingerprint density at radius 1 is 1.03 bits per heavy atom. The molecular formula is C25H28N2O2. The molecular weight excluding hydrogens is 360 g/mol. The lowest BCUT2D eigenvalue weighted by atomic mass is 10.1. The van der Waals surface area contributed by atoms with Crippen molar-refractivity contribution in [2.75, 3.05) is 7.11 Å². The normalized spacial score (nSPS) is 13.6. The predicted molar refractivity (Wildman–Crippen MR) is 115 cm³/mol. The number of carbonyl (C=O) groups excluding carboxylic acids is 1. The molecule has 1 heterocycles. The lowest BCUT2D eigenvalue weighted by Crippen LogP contribution is -2.27. The van der Waals surface area contributed by atoms with Gasteiger partial charge < -0.3 is 9.30 Å². The zero-order chi connectivity index (χ0) is 20.2. The number of benzene rings is 2. The van der Waals surface area contributed by atoms with Gasteiger partial charge in [0.15, 0.2) is 0 Å². The second kappa shape index (κ2) is 8.66. The number of nitrogens with zero attached hydrogens (tertiary/aromatic N) is 2. The minimum atomic E-state index is -0.265. The monoisotopic (exact) mass is 388 g/mol. The minimum Gasteiger partial charge on any atom is -0.465 e. The Morgan fingerprint density at radius 2 is 1.79 bits per heavy atom. The Kier molecular flexibility index (Phi) is 5.81. The van der Waals surface area contributed by atoms with Gasteiger partial charge in [-0.05, 0) is 49.1 Å². The predicted octanol–water partition coefficient (Wildman–Crippen LogP) is 4.80. The molecule has 4 nitrogen and oxygen atoms in total. The fourth-order valence-electron chi connectivity index (χ4n) is 3.79. The largest absolute Gasteiger partial charge is 0.465 e. The highest BCUT2D eigenvalue weighted by molar-refractivity contribution is 5.90. The molecule has 150 valence electrons. The third-order valence-corrected chi connectivity index (χ3v) is 5.62. The molecule has 0 saturated heterocycles. The minimum absolute atomic E-state index is 0.265. The number of hydrogen-bond acceptors (Lipinski definition) is 3. The van der Waals surface area contributed by atoms with Gasteiger partial charge in [0.1, 0.15) is 0 Å². The third-order valence-electron chi connectivity index (χ3n) is 5.62. The summed E-state index contributed by atoms with van der Waals surface area (Å²) in [5.74, 6) is -0.265. The third kappa shape index (κ3) is 4.77. The highest BCUT2D eigenvalue weighted by Crippen LogP contribution is 2.30. The van der Waals surface area contributed by atoms with E-state index in [1.807, 2.05) is 24.3 Å². The fraction of sp³-hybridized carbons (Fsp3) is 0.320. The van der Waals surface area contributed by atoms with Crippen LogP contribution in [-0.2, 0) is 24.4 Å². The summed E-state index contributed by atoms with van der Waals surface area (Å²) in [7, 11) is 1.44. The fourth-order valence-corrected chi connectivity index (χ4v) is 3.79. The molecule has 4 rings (SSSR count). The quantitative estimate of drug-likeness (QED) is 0.520. The Bertz CT molecular complexity index is 970. The van der Waals surface area contributed by atoms with E-state index in [9.17, 15) is 4.79 Å². The first kappa shape index (κ1) is 19.5. The summed E-state index contributed by atoms with van der Waals surface area (Å²) in [6.07, 6.45) is 4.60. The van der Waals surface area contributed by atoms with Crippen LogP contribution in [0.5, 0.6) is 0 Å². The molecule has 0 amide bonds. The van der Waals surface area contributed by atoms with Crippen molar-refractivity contribution in [3.05, 3.63) is 94.8 Å². The van der Waals surface area contributed by atoms with E-state index >= 15 is 0 Å². The van der Waals surface area contributed by atoms with Crippen molar-refractivity contribution < 1.29 is 9.53 Å². The molecule has 1 aromatic heterocycles. The number of aryl methyl sites for hydroxylation is 1. The molecule has 1 aliphatic rings. The van der Waals surface area contributed by atoms with Crippen molar-refractivity contribution in [2.24, 2.45) is 0 Å². The van der Waals surface area contributed by atoms with E-state index in [-0.39, 0.29) is 5.97 Å². The van der Waals surface area contributed by atoms with E-state index in [0.29, 0.717) is 11.6 Å². The van der Waals surface area contributed by atoms with Crippen molar-refractivity contribution >= 4 is 5.97 Å². The van der Waals surface area contributed by atoms with Crippen molar-refractivity contribution in [1.29, 1.82) is 0 Å². The molecule has 1 saturated carbocycles. The average Bonchev–Trinajstić information content (AvgIpc) is 3.50. The van der Waals surface area contributed by atoms with Crippen LogP contribution >= 0.6 is 0 Å². The second-order valence-electron chi connectivity index (χ2n) is 7.90. The zero-order valence-electron chi connectivity index (χ0n) is 17.2. The van der Waals surface area contributed by atoms with E-state index in [0.717, 1.165) is 25.2 Å². The van der Waals surface area contributed by atoms with Crippen LogP contribution in [0.2, 0.25) is 0 Å². The molecule has 1 fully saturated rings. The van der Waals surface area contributed by atoms with E-state index in [1.54, 1.807) is 0 Å². The number of rotatable bonds is 8. The molecule has 0 radical (unpaired) electrons. The van der Waals surface area contributed by atoms with Crippen molar-refractivity contribution in [3.63, 3.8) is 0 Å². The van der Waals surface area contributed by atoms with Crippen molar-refractivity contribution in [2.45, 2.75) is 45.4 Å². The Labute approximate surface area is 172 Å². The average molecular weight is 389 g/mol. The van der Waals surface area contributed by atoms with E-state index in [1.165, 1.54) is 36.8 Å². The number of hydrogen-bond donors (Lipinski definition) is 0. The first-order valence-corrected chi connectivity index (χ1v) is 10.2. The van der Waals surface area contributed by atoms with Gasteiger partial charge in [-0.3, -0.25) is 4.90 Å². The molecule has 0 unspecified atom stereocenters. The van der Waals surface area contributed by atoms with Crippen LogP contribution in [-0.4, -0.2) is 28.6 Å². The van der Waals surface area contributed by atoms with Crippen LogP contribution in [0.4, 0.5) is 0 Å². The van der Waals surface area contributed by atoms with E-state index in [2.05, 4.69) is 59.0 Å². The topological polar surface area (TPSA) is 34.5 Å². The standard InChI is InChI=1S/C25H28N2O2/c1-19-9-11-20(12-10-19)16-26-15-5-7-23(26)18-27(22-13-14-22)17-21-6-3-4-8-24(21)25(28)29-2/h3-12,15,22H,13-14,16-18H2,1-2H3. The summed E-state index contributed by atoms with van der Waals surface area (Å²) in [6, 6.07) is 21.4. The van der Waals surface area contributed by atoms with Crippen molar-refractivity contribution in [3.8, 4) is 0 Å². The lowest BCUT2D eigenvalue weighted by molar-refractivity contribution is 0.0598. The Balaban J connectivity index is 1.51. The van der Waals surface area contributed by atoms with Crippen LogP contribution in [0.1, 0.15) is 45.6 Å². The maximum absolute atomic E-state index is 12.2. The molecule has 3 aromatic rings. The molecule has 29 heavy (non-hydrogen) atoms. The molecule has 2 aromatic carbocycles. The Morgan fingerprint density at radius 3 is 2.52 bits per heavy atom. The highest BCUT2D eigenvalue weighted by Gasteiger charge is 2.30. The highest BCUT2D eigenvalue weighted by atomic mass is 16.5. The number of esters is 1. The first-order chi connectivity index (χ1) is 14.1. The van der Waals surface area contributed by atoms with Crippen LogP contribution < -0.4 is 0 Å². The van der Waals surface area contributed by atoms with E-state index < -0.39 is 0 Å². The summed E-state index contributed by atoms with van der Waals surface area (Å²) in [5.41, 5.74) is 5.58. The summed E-state index contributed by atoms with van der Waals surface area (Å²) in [6.45, 7) is 4.62. The number of methoxy groups -OCH3 is 1. The molecule has 0 aliphatic heterocycles. The first-order valence-electron chi connectivity index (χ1n) is 10.2. The van der Waals surface area contributed by atoms with Gasteiger partial charge in [-0.25, -0.2) is 4.79 Å². The van der Waals surface area contributed by atoms with Gasteiger partial charge in [0.25, 0.3) is 0 Å². The molecule has 4 heteroatoms. The maximum Gasteiger partial charge on any atom is 0.338 e. The van der Waals surface area contributed by atoms with Gasteiger partial charge in [0.05, 0.1) is 12.7 Å². The summed E-state index contributed by atoms with van der Waals surface area (Å²) >= 11 is 0. The molecule has 0 atom stereocenters. The van der Waals surface area contributed by atoms with Gasteiger partial charge in [-0.1, -0.05) is 48.0 Å². The van der Waals surface area contributed by atoms with Crippen LogP contribution in [0.25, 0.3) is 0 Å². The smallest absolute Gasteiger partial charge is 0.338 e. The van der Waals surface area contributed by atoms with Gasteiger partial charge in [0, 0.05) is 37.6 Å². The van der Waals surface area contributed by atoms with Gasteiger partial charge in [-0.2, -0.15) is 0 Å². The van der Waals surface area contributed by atoms with Gasteiger partial charge >= 0.3 is 5.97 Å². The molecule has 1 aliphatic carbocycles. The van der Waals surface area contributed by atoms with Gasteiger partial charge in [0.2, 0.25) is 0 Å². The summed E-state index contributed by atoms with van der Waals surface area (Å²) < 4.78 is 7.30. The maximum atomic E-state index is 12.2. The second-order valence-corrected chi connectivity index (χ2v) is 7.90. The van der Waals surface area contributed by atoms with Crippen LogP contribution in [0.3, 0.4) is 0 Å². The zero-order valence-corrected chi connectivity index (χ0v) is 17.2. The molecule has 0 spiro atoms. The SMILES string of the molecule is COC(=O)c1ccccc1CN(Cc1cccn1Cc1ccc(C)cc1)C1CC1. The van der Waals surface area contributed by atoms with Crippen LogP contribution in [0, 0.1) is 6.92 Å². The van der Waals surface area contributed by atoms with Gasteiger partial charge in [-0.15, -0.1) is 0 Å². The number of aromatic nitrogens is 1. The van der Waals surface area contributed by atoms with E-state index in [4.69, 9.17) is 4.74 Å².